The molecular weight excluding hydrogens is 252 g/mol. The molecule has 1 aliphatic carbocycles. The van der Waals surface area contributed by atoms with Crippen molar-refractivity contribution in [3.05, 3.63) is 0 Å². The number of nitrogens with one attached hydrogen (secondary N) is 1. The highest BCUT2D eigenvalue weighted by Crippen LogP contribution is 2.21. The Labute approximate surface area is 124 Å². The van der Waals surface area contributed by atoms with Crippen LogP contribution >= 0.6 is 0 Å². The van der Waals surface area contributed by atoms with Crippen LogP contribution in [0, 0.1) is 0 Å². The summed E-state index contributed by atoms with van der Waals surface area (Å²) in [6, 6.07) is 0.985. The molecule has 3 N–H and O–H groups in total. The number of nitrogens with two attached hydrogens (primary N) is 1. The number of methoxy groups -OCH3 is 1. The molecule has 1 atom stereocenters. The fraction of sp³-hybridized carbons (Fsp3) is 0.933. The molecule has 0 radical (unpaired) electrons. The molecule has 1 rings (SSSR count). The molecule has 0 aromatic carbocycles. The van der Waals surface area contributed by atoms with Gasteiger partial charge in [0, 0.05) is 25.7 Å². The predicted octanol–water partition coefficient (Wildman–Crippen LogP) is 1.58. The van der Waals surface area contributed by atoms with Gasteiger partial charge in [-0.2, -0.15) is 0 Å². The van der Waals surface area contributed by atoms with Crippen molar-refractivity contribution in [2.45, 2.75) is 57.5 Å². The number of nitrogens with zero attached hydrogens (tertiary/aromatic N) is 2. The second-order valence-electron chi connectivity index (χ2n) is 5.89. The second kappa shape index (κ2) is 10.00. The van der Waals surface area contributed by atoms with Crippen LogP contribution in [0.15, 0.2) is 4.99 Å². The van der Waals surface area contributed by atoms with Crippen molar-refractivity contribution in [1.29, 1.82) is 0 Å². The van der Waals surface area contributed by atoms with Crippen LogP contribution in [0.3, 0.4) is 0 Å². The maximum Gasteiger partial charge on any atom is 0.188 e. The summed E-state index contributed by atoms with van der Waals surface area (Å²) >= 11 is 0. The van der Waals surface area contributed by atoms with Gasteiger partial charge in [0.15, 0.2) is 5.96 Å². The zero-order chi connectivity index (χ0) is 14.8. The van der Waals surface area contributed by atoms with Crippen LogP contribution in [0.1, 0.15) is 45.4 Å². The Morgan fingerprint density at radius 3 is 2.75 bits per heavy atom. The molecule has 0 aromatic heterocycles. The highest BCUT2D eigenvalue weighted by molar-refractivity contribution is 5.78. The topological polar surface area (TPSA) is 62.9 Å². The molecule has 0 saturated heterocycles. The summed E-state index contributed by atoms with van der Waals surface area (Å²) < 4.78 is 5.05. The minimum Gasteiger partial charge on any atom is -0.383 e. The van der Waals surface area contributed by atoms with E-state index in [4.69, 9.17) is 10.5 Å². The van der Waals surface area contributed by atoms with E-state index >= 15 is 0 Å². The third kappa shape index (κ3) is 7.10. The molecule has 1 saturated carbocycles. The number of ether oxygens (including phenoxy) is 1. The quantitative estimate of drug-likeness (QED) is 0.403. The number of hydrogen-bond donors (Lipinski definition) is 2. The van der Waals surface area contributed by atoms with Crippen molar-refractivity contribution in [1.82, 2.24) is 10.2 Å². The lowest BCUT2D eigenvalue weighted by molar-refractivity contribution is 0.179. The molecule has 0 bridgehead atoms. The summed E-state index contributed by atoms with van der Waals surface area (Å²) in [6.45, 7) is 4.56. The highest BCUT2D eigenvalue weighted by atomic mass is 16.5. The van der Waals surface area contributed by atoms with E-state index in [0.29, 0.717) is 12.6 Å². The van der Waals surface area contributed by atoms with Gasteiger partial charge in [-0.1, -0.05) is 19.3 Å². The van der Waals surface area contributed by atoms with Crippen molar-refractivity contribution >= 4 is 5.96 Å². The van der Waals surface area contributed by atoms with Gasteiger partial charge in [0.1, 0.15) is 0 Å². The molecule has 0 heterocycles. The monoisotopic (exact) mass is 284 g/mol. The molecule has 1 fully saturated rings. The van der Waals surface area contributed by atoms with Crippen LogP contribution < -0.4 is 11.1 Å². The fourth-order valence-electron chi connectivity index (χ4n) is 2.81. The first-order chi connectivity index (χ1) is 9.63. The lowest BCUT2D eigenvalue weighted by atomic mass is 9.94. The summed E-state index contributed by atoms with van der Waals surface area (Å²) in [4.78, 5) is 6.86. The van der Waals surface area contributed by atoms with E-state index in [9.17, 15) is 0 Å². The van der Waals surface area contributed by atoms with E-state index in [2.05, 4.69) is 22.3 Å². The molecule has 0 amide bonds. The van der Waals surface area contributed by atoms with E-state index in [-0.39, 0.29) is 6.04 Å². The van der Waals surface area contributed by atoms with E-state index in [1.807, 2.05) is 6.92 Å². The van der Waals surface area contributed by atoms with Crippen LogP contribution in [0.5, 0.6) is 0 Å². The van der Waals surface area contributed by atoms with Crippen molar-refractivity contribution < 1.29 is 4.74 Å². The molecule has 0 spiro atoms. The molecule has 0 aliphatic heterocycles. The number of aliphatic imine (C=N–C) groups is 1. The van der Waals surface area contributed by atoms with Gasteiger partial charge in [-0.15, -0.1) is 0 Å². The van der Waals surface area contributed by atoms with E-state index in [1.54, 1.807) is 7.11 Å². The predicted molar refractivity (Wildman–Crippen MR) is 85.1 cm³/mol. The van der Waals surface area contributed by atoms with Gasteiger partial charge in [-0.3, -0.25) is 4.99 Å². The molecule has 5 heteroatoms. The minimum absolute atomic E-state index is 0.202. The van der Waals surface area contributed by atoms with E-state index in [1.165, 1.54) is 32.1 Å². The first-order valence-electron chi connectivity index (χ1n) is 7.89. The molecule has 5 nitrogen and oxygen atoms in total. The van der Waals surface area contributed by atoms with Crippen molar-refractivity contribution in [3.63, 3.8) is 0 Å². The van der Waals surface area contributed by atoms with Crippen LogP contribution in [0.2, 0.25) is 0 Å². The lowest BCUT2D eigenvalue weighted by Gasteiger charge is -2.31. The van der Waals surface area contributed by atoms with Gasteiger partial charge >= 0.3 is 0 Å². The summed E-state index contributed by atoms with van der Waals surface area (Å²) in [5, 5.41) is 3.12. The second-order valence-corrected chi connectivity index (χ2v) is 5.89. The first kappa shape index (κ1) is 17.2. The maximum atomic E-state index is 5.83. The molecule has 1 aliphatic rings. The Kier molecular flexibility index (Phi) is 8.62. The van der Waals surface area contributed by atoms with Crippen molar-refractivity contribution in [2.75, 3.05) is 33.9 Å². The average molecular weight is 284 g/mol. The smallest absolute Gasteiger partial charge is 0.188 e. The Morgan fingerprint density at radius 1 is 1.40 bits per heavy atom. The lowest BCUT2D eigenvalue weighted by Crippen LogP contribution is -2.40. The Bertz CT molecular complexity index is 277. The largest absolute Gasteiger partial charge is 0.383 e. The number of guanidine groups is 1. The van der Waals surface area contributed by atoms with Crippen LogP contribution in [-0.2, 0) is 4.74 Å². The summed E-state index contributed by atoms with van der Waals surface area (Å²) in [5.41, 5.74) is 5.83. The van der Waals surface area contributed by atoms with Gasteiger partial charge < -0.3 is 20.7 Å². The molecule has 0 aromatic rings. The summed E-state index contributed by atoms with van der Waals surface area (Å²) in [5.74, 6) is 0.523. The van der Waals surface area contributed by atoms with Gasteiger partial charge in [0.05, 0.1) is 6.61 Å². The zero-order valence-electron chi connectivity index (χ0n) is 13.4. The normalized spacial score (nSPS) is 19.3. The van der Waals surface area contributed by atoms with Gasteiger partial charge in [0.25, 0.3) is 0 Å². The molecule has 20 heavy (non-hydrogen) atoms. The number of rotatable bonds is 8. The SMILES string of the molecule is COCC(C)NC(N)=NCCCN(C)C1CCCCC1. The number of hydrogen-bond acceptors (Lipinski definition) is 3. The van der Waals surface area contributed by atoms with Crippen molar-refractivity contribution in [3.8, 4) is 0 Å². The standard InChI is InChI=1S/C15H32N4O/c1-13(12-20-3)18-15(16)17-10-7-11-19(2)14-8-5-4-6-9-14/h13-14H,4-12H2,1-3H3,(H3,16,17,18). The highest BCUT2D eigenvalue weighted by Gasteiger charge is 2.17. The Hall–Kier alpha value is -0.810. The van der Waals surface area contributed by atoms with Crippen LogP contribution in [0.4, 0.5) is 0 Å². The van der Waals surface area contributed by atoms with Crippen LogP contribution in [0.25, 0.3) is 0 Å². The van der Waals surface area contributed by atoms with E-state index in [0.717, 1.165) is 25.6 Å². The van der Waals surface area contributed by atoms with Gasteiger partial charge in [0.2, 0.25) is 0 Å². The molecule has 118 valence electrons. The molecular formula is C15H32N4O. The van der Waals surface area contributed by atoms with Crippen molar-refractivity contribution in [2.24, 2.45) is 10.7 Å². The minimum atomic E-state index is 0.202. The summed E-state index contributed by atoms with van der Waals surface area (Å²) in [6.07, 6.45) is 7.98. The van der Waals surface area contributed by atoms with Crippen LogP contribution in [-0.4, -0.2) is 56.8 Å². The van der Waals surface area contributed by atoms with Gasteiger partial charge in [-0.25, -0.2) is 0 Å². The zero-order valence-corrected chi connectivity index (χ0v) is 13.4. The fourth-order valence-corrected chi connectivity index (χ4v) is 2.81. The molecule has 1 unspecified atom stereocenters. The average Bonchev–Trinajstić information content (AvgIpc) is 2.44. The first-order valence-corrected chi connectivity index (χ1v) is 7.89. The Balaban J connectivity index is 2.13. The third-order valence-corrected chi connectivity index (χ3v) is 3.96. The Morgan fingerprint density at radius 2 is 2.10 bits per heavy atom. The van der Waals surface area contributed by atoms with Gasteiger partial charge in [-0.05, 0) is 39.8 Å². The summed E-state index contributed by atoms with van der Waals surface area (Å²) in [7, 11) is 3.93. The van der Waals surface area contributed by atoms with E-state index < -0.39 is 0 Å². The third-order valence-electron chi connectivity index (χ3n) is 3.96. The maximum absolute atomic E-state index is 5.83.